The summed E-state index contributed by atoms with van der Waals surface area (Å²) < 4.78 is 33.8. The fourth-order valence-electron chi connectivity index (χ4n) is 1.71. The molecule has 0 amide bonds. The fourth-order valence-corrected chi connectivity index (χ4v) is 1.71. The van der Waals surface area contributed by atoms with Gasteiger partial charge in [-0.2, -0.15) is 8.78 Å². The molecular formula is C12H12F2N2O3. The Kier molecular flexibility index (Phi) is 3.64. The lowest BCUT2D eigenvalue weighted by atomic mass is 10.2. The molecule has 1 N–H and O–H groups in total. The molecule has 7 heteroatoms. The van der Waals surface area contributed by atoms with Gasteiger partial charge in [0.2, 0.25) is 0 Å². The number of fused-ring (bicyclic) bond motifs is 1. The lowest BCUT2D eigenvalue weighted by molar-refractivity contribution is -0.0511. The SMILES string of the molecule is CCc1nc2cc(OC)c(OC(F)F)cc2c(=O)[nH]1. The predicted octanol–water partition coefficient (Wildman–Crippen LogP) is 2.10. The maximum Gasteiger partial charge on any atom is 0.387 e. The monoisotopic (exact) mass is 270 g/mol. The summed E-state index contributed by atoms with van der Waals surface area (Å²) in [7, 11) is 1.33. The van der Waals surface area contributed by atoms with Crippen LogP contribution in [0.25, 0.3) is 10.9 Å². The van der Waals surface area contributed by atoms with E-state index in [1.807, 2.05) is 6.92 Å². The predicted molar refractivity (Wildman–Crippen MR) is 64.9 cm³/mol. The van der Waals surface area contributed by atoms with Crippen LogP contribution in [-0.4, -0.2) is 23.7 Å². The lowest BCUT2D eigenvalue weighted by Gasteiger charge is -2.10. The molecule has 19 heavy (non-hydrogen) atoms. The van der Waals surface area contributed by atoms with Crippen LogP contribution in [0.4, 0.5) is 8.78 Å². The third kappa shape index (κ3) is 2.64. The molecule has 2 rings (SSSR count). The Morgan fingerprint density at radius 1 is 1.37 bits per heavy atom. The smallest absolute Gasteiger partial charge is 0.387 e. The maximum absolute atomic E-state index is 12.3. The normalized spacial score (nSPS) is 11.0. The zero-order valence-electron chi connectivity index (χ0n) is 10.4. The lowest BCUT2D eigenvalue weighted by Crippen LogP contribution is -2.12. The van der Waals surface area contributed by atoms with Gasteiger partial charge in [-0.15, -0.1) is 0 Å². The van der Waals surface area contributed by atoms with Gasteiger partial charge in [-0.25, -0.2) is 4.98 Å². The average Bonchev–Trinajstić information content (AvgIpc) is 2.37. The van der Waals surface area contributed by atoms with Crippen LogP contribution in [0.3, 0.4) is 0 Å². The summed E-state index contributed by atoms with van der Waals surface area (Å²) in [5.74, 6) is 0.427. The minimum atomic E-state index is -2.99. The number of hydrogen-bond donors (Lipinski definition) is 1. The quantitative estimate of drug-likeness (QED) is 0.924. The fraction of sp³-hybridized carbons (Fsp3) is 0.333. The summed E-state index contributed by atoms with van der Waals surface area (Å²) in [4.78, 5) is 18.6. The number of alkyl halides is 2. The molecule has 1 aromatic carbocycles. The van der Waals surface area contributed by atoms with E-state index in [2.05, 4.69) is 14.7 Å². The van der Waals surface area contributed by atoms with Crippen molar-refractivity contribution in [1.29, 1.82) is 0 Å². The van der Waals surface area contributed by atoms with Gasteiger partial charge in [0, 0.05) is 12.5 Å². The van der Waals surface area contributed by atoms with E-state index in [1.165, 1.54) is 19.2 Å². The molecule has 0 radical (unpaired) electrons. The molecule has 1 heterocycles. The van der Waals surface area contributed by atoms with Gasteiger partial charge < -0.3 is 14.5 Å². The summed E-state index contributed by atoms with van der Waals surface area (Å²) >= 11 is 0. The van der Waals surface area contributed by atoms with Crippen LogP contribution in [0.15, 0.2) is 16.9 Å². The molecule has 0 saturated carbocycles. The van der Waals surface area contributed by atoms with E-state index in [9.17, 15) is 13.6 Å². The largest absolute Gasteiger partial charge is 0.493 e. The van der Waals surface area contributed by atoms with Gasteiger partial charge in [0.15, 0.2) is 11.5 Å². The number of methoxy groups -OCH3 is 1. The van der Waals surface area contributed by atoms with Crippen LogP contribution < -0.4 is 15.0 Å². The van der Waals surface area contributed by atoms with Gasteiger partial charge in [0.1, 0.15) is 5.82 Å². The molecule has 2 aromatic rings. The third-order valence-corrected chi connectivity index (χ3v) is 2.59. The Bertz CT molecular complexity index is 655. The molecule has 0 atom stereocenters. The summed E-state index contributed by atoms with van der Waals surface area (Å²) in [6, 6.07) is 2.60. The van der Waals surface area contributed by atoms with Crippen LogP contribution in [0, 0.1) is 0 Å². The highest BCUT2D eigenvalue weighted by molar-refractivity contribution is 5.81. The van der Waals surface area contributed by atoms with Crippen molar-refractivity contribution in [2.24, 2.45) is 0 Å². The van der Waals surface area contributed by atoms with Crippen LogP contribution in [0.2, 0.25) is 0 Å². The molecule has 0 aliphatic carbocycles. The van der Waals surface area contributed by atoms with Crippen molar-refractivity contribution >= 4 is 10.9 Å². The summed E-state index contributed by atoms with van der Waals surface area (Å²) in [6.07, 6.45) is 0.558. The van der Waals surface area contributed by atoms with E-state index in [-0.39, 0.29) is 16.9 Å². The number of nitrogens with one attached hydrogen (secondary N) is 1. The van der Waals surface area contributed by atoms with Crippen molar-refractivity contribution in [2.45, 2.75) is 20.0 Å². The molecule has 0 fully saturated rings. The highest BCUT2D eigenvalue weighted by Gasteiger charge is 2.14. The maximum atomic E-state index is 12.3. The zero-order chi connectivity index (χ0) is 14.0. The molecule has 0 bridgehead atoms. The first-order valence-electron chi connectivity index (χ1n) is 5.61. The second-order valence-corrected chi connectivity index (χ2v) is 3.76. The Balaban J connectivity index is 2.67. The second-order valence-electron chi connectivity index (χ2n) is 3.76. The number of aryl methyl sites for hydroxylation is 1. The molecule has 102 valence electrons. The Labute approximate surface area is 107 Å². The van der Waals surface area contributed by atoms with Crippen molar-refractivity contribution in [3.8, 4) is 11.5 Å². The molecule has 0 aliphatic heterocycles. The number of ether oxygens (including phenoxy) is 2. The number of rotatable bonds is 4. The van der Waals surface area contributed by atoms with Crippen molar-refractivity contribution in [3.63, 3.8) is 0 Å². The van der Waals surface area contributed by atoms with Gasteiger partial charge in [-0.3, -0.25) is 4.79 Å². The number of benzene rings is 1. The highest BCUT2D eigenvalue weighted by Crippen LogP contribution is 2.31. The minimum absolute atomic E-state index is 0.105. The van der Waals surface area contributed by atoms with Gasteiger partial charge >= 0.3 is 6.61 Å². The summed E-state index contributed by atoms with van der Waals surface area (Å²) in [5, 5.41) is 0.175. The molecule has 1 aromatic heterocycles. The average molecular weight is 270 g/mol. The Morgan fingerprint density at radius 3 is 2.68 bits per heavy atom. The van der Waals surface area contributed by atoms with E-state index in [0.717, 1.165) is 0 Å². The highest BCUT2D eigenvalue weighted by atomic mass is 19.3. The van der Waals surface area contributed by atoms with Crippen LogP contribution in [0.1, 0.15) is 12.7 Å². The van der Waals surface area contributed by atoms with E-state index in [0.29, 0.717) is 17.8 Å². The topological polar surface area (TPSA) is 64.2 Å². The number of halogens is 2. The molecular weight excluding hydrogens is 258 g/mol. The van der Waals surface area contributed by atoms with Crippen molar-refractivity contribution in [2.75, 3.05) is 7.11 Å². The molecule has 0 spiro atoms. The Morgan fingerprint density at radius 2 is 2.11 bits per heavy atom. The van der Waals surface area contributed by atoms with Gasteiger partial charge in [0.05, 0.1) is 18.0 Å². The van der Waals surface area contributed by atoms with Crippen molar-refractivity contribution < 1.29 is 18.3 Å². The van der Waals surface area contributed by atoms with E-state index in [4.69, 9.17) is 4.74 Å². The van der Waals surface area contributed by atoms with Crippen LogP contribution >= 0.6 is 0 Å². The molecule has 0 aliphatic rings. The first-order chi connectivity index (χ1) is 9.05. The standard InChI is InChI=1S/C12H12F2N2O3/c1-3-10-15-7-5-8(18-2)9(19-12(13)14)4-6(7)11(17)16-10/h4-5,12H,3H2,1-2H3,(H,15,16,17). The molecule has 0 unspecified atom stereocenters. The number of H-pyrrole nitrogens is 1. The van der Waals surface area contributed by atoms with E-state index >= 15 is 0 Å². The number of aromatic nitrogens is 2. The number of aromatic amines is 1. The second kappa shape index (κ2) is 5.21. The molecule has 5 nitrogen and oxygen atoms in total. The number of hydrogen-bond acceptors (Lipinski definition) is 4. The van der Waals surface area contributed by atoms with Gasteiger partial charge in [-0.05, 0) is 6.07 Å². The zero-order valence-corrected chi connectivity index (χ0v) is 10.4. The van der Waals surface area contributed by atoms with E-state index in [1.54, 1.807) is 0 Å². The van der Waals surface area contributed by atoms with Crippen LogP contribution in [0.5, 0.6) is 11.5 Å². The van der Waals surface area contributed by atoms with Crippen LogP contribution in [-0.2, 0) is 6.42 Å². The Hall–Kier alpha value is -2.18. The minimum Gasteiger partial charge on any atom is -0.493 e. The first kappa shape index (κ1) is 13.3. The summed E-state index contributed by atoms with van der Waals surface area (Å²) in [6.45, 7) is -1.15. The van der Waals surface area contributed by atoms with E-state index < -0.39 is 12.2 Å². The third-order valence-electron chi connectivity index (χ3n) is 2.59. The van der Waals surface area contributed by atoms with Gasteiger partial charge in [-0.1, -0.05) is 6.92 Å². The number of nitrogens with zero attached hydrogens (tertiary/aromatic N) is 1. The first-order valence-corrected chi connectivity index (χ1v) is 5.61. The molecule has 0 saturated heterocycles. The van der Waals surface area contributed by atoms with Crippen molar-refractivity contribution in [1.82, 2.24) is 9.97 Å². The van der Waals surface area contributed by atoms with Crippen molar-refractivity contribution in [3.05, 3.63) is 28.3 Å². The van der Waals surface area contributed by atoms with Gasteiger partial charge in [0.25, 0.3) is 5.56 Å². The summed E-state index contributed by atoms with van der Waals surface area (Å²) in [5.41, 5.74) is -0.0253.